The molecule has 1 N–H and O–H groups in total. The third kappa shape index (κ3) is 3.58. The molecule has 1 fully saturated rings. The fourth-order valence-electron chi connectivity index (χ4n) is 2.27. The minimum Gasteiger partial charge on any atom is -0.367 e. The van der Waals surface area contributed by atoms with Gasteiger partial charge in [-0.2, -0.15) is 0 Å². The Bertz CT molecular complexity index is 534. The van der Waals surface area contributed by atoms with Gasteiger partial charge in [-0.3, -0.25) is 4.98 Å². The van der Waals surface area contributed by atoms with Crippen molar-refractivity contribution in [2.45, 2.75) is 38.9 Å². The Morgan fingerprint density at radius 2 is 2.30 bits per heavy atom. The molecule has 1 aliphatic rings. The van der Waals surface area contributed by atoms with E-state index in [1.54, 1.807) is 0 Å². The van der Waals surface area contributed by atoms with Crippen LogP contribution in [0.2, 0.25) is 0 Å². The Balaban J connectivity index is 1.67. The molecule has 0 aliphatic heterocycles. The van der Waals surface area contributed by atoms with Crippen molar-refractivity contribution in [1.82, 2.24) is 10.3 Å². The van der Waals surface area contributed by atoms with Gasteiger partial charge in [-0.1, -0.05) is 6.07 Å². The number of rotatable bonds is 7. The van der Waals surface area contributed by atoms with Crippen molar-refractivity contribution in [3.05, 3.63) is 46.4 Å². The molecule has 0 radical (unpaired) electrons. The lowest BCUT2D eigenvalue weighted by atomic mass is 10.2. The second-order valence-electron chi connectivity index (χ2n) is 5.25. The van der Waals surface area contributed by atoms with Crippen molar-refractivity contribution in [2.24, 2.45) is 0 Å². The number of nitrogens with zero attached hydrogens (tertiary/aromatic N) is 2. The molecule has 0 aromatic carbocycles. The molecule has 3 rings (SSSR count). The molecule has 106 valence electrons. The van der Waals surface area contributed by atoms with E-state index in [2.05, 4.69) is 51.8 Å². The van der Waals surface area contributed by atoms with Gasteiger partial charge in [-0.05, 0) is 43.3 Å². The van der Waals surface area contributed by atoms with E-state index in [1.807, 2.05) is 17.5 Å². The second kappa shape index (κ2) is 6.37. The molecular formula is C16H21N3S. The van der Waals surface area contributed by atoms with E-state index < -0.39 is 0 Å². The first-order valence-electron chi connectivity index (χ1n) is 7.31. The third-order valence-corrected chi connectivity index (χ3v) is 4.48. The van der Waals surface area contributed by atoms with Crippen LogP contribution in [0.1, 0.15) is 30.3 Å². The summed E-state index contributed by atoms with van der Waals surface area (Å²) in [5.41, 5.74) is 2.41. The number of thiophene rings is 1. The van der Waals surface area contributed by atoms with E-state index in [0.29, 0.717) is 0 Å². The van der Waals surface area contributed by atoms with Gasteiger partial charge in [-0.25, -0.2) is 0 Å². The highest BCUT2D eigenvalue weighted by Crippen LogP contribution is 2.21. The normalized spacial score (nSPS) is 14.4. The maximum absolute atomic E-state index is 4.47. The molecule has 2 heterocycles. The topological polar surface area (TPSA) is 28.2 Å². The number of hydrogen-bond donors (Lipinski definition) is 1. The SMILES string of the molecule is CCN(Cc1cccs1)c1ccnc(CNC2CC2)c1. The highest BCUT2D eigenvalue weighted by atomic mass is 32.1. The predicted molar refractivity (Wildman–Crippen MR) is 85.1 cm³/mol. The maximum atomic E-state index is 4.47. The van der Waals surface area contributed by atoms with Crippen molar-refractivity contribution in [3.63, 3.8) is 0 Å². The molecule has 0 bridgehead atoms. The molecule has 0 saturated heterocycles. The second-order valence-corrected chi connectivity index (χ2v) is 6.29. The highest BCUT2D eigenvalue weighted by Gasteiger charge is 2.20. The maximum Gasteiger partial charge on any atom is 0.0562 e. The Hall–Kier alpha value is -1.39. The van der Waals surface area contributed by atoms with E-state index in [0.717, 1.165) is 31.4 Å². The van der Waals surface area contributed by atoms with E-state index in [1.165, 1.54) is 23.4 Å². The molecule has 0 amide bonds. The quantitative estimate of drug-likeness (QED) is 0.845. The lowest BCUT2D eigenvalue weighted by Gasteiger charge is -2.22. The minimum atomic E-state index is 0.730. The van der Waals surface area contributed by atoms with Crippen LogP contribution in [0.15, 0.2) is 35.8 Å². The van der Waals surface area contributed by atoms with E-state index >= 15 is 0 Å². The molecule has 2 aromatic rings. The summed E-state index contributed by atoms with van der Waals surface area (Å²) in [4.78, 5) is 8.27. The van der Waals surface area contributed by atoms with Gasteiger partial charge in [0.25, 0.3) is 0 Å². The molecule has 1 aliphatic carbocycles. The van der Waals surface area contributed by atoms with Gasteiger partial charge >= 0.3 is 0 Å². The average Bonchev–Trinajstić information content (AvgIpc) is 3.18. The van der Waals surface area contributed by atoms with Gasteiger partial charge in [-0.15, -0.1) is 11.3 Å². The molecule has 0 atom stereocenters. The summed E-state index contributed by atoms with van der Waals surface area (Å²) in [6, 6.07) is 9.37. The molecule has 20 heavy (non-hydrogen) atoms. The summed E-state index contributed by atoms with van der Waals surface area (Å²) in [7, 11) is 0. The number of anilines is 1. The zero-order valence-electron chi connectivity index (χ0n) is 11.9. The minimum absolute atomic E-state index is 0.730. The summed E-state index contributed by atoms with van der Waals surface area (Å²) in [6.07, 6.45) is 4.56. The van der Waals surface area contributed by atoms with Crippen molar-refractivity contribution >= 4 is 17.0 Å². The Morgan fingerprint density at radius 1 is 1.40 bits per heavy atom. The molecule has 3 nitrogen and oxygen atoms in total. The smallest absolute Gasteiger partial charge is 0.0562 e. The number of hydrogen-bond acceptors (Lipinski definition) is 4. The number of pyridine rings is 1. The fraction of sp³-hybridized carbons (Fsp3) is 0.438. The van der Waals surface area contributed by atoms with Crippen LogP contribution in [-0.2, 0) is 13.1 Å². The van der Waals surface area contributed by atoms with E-state index in [-0.39, 0.29) is 0 Å². The summed E-state index contributed by atoms with van der Waals surface area (Å²) in [6.45, 7) is 5.08. The van der Waals surface area contributed by atoms with Gasteiger partial charge in [0.2, 0.25) is 0 Å². The fourth-order valence-corrected chi connectivity index (χ4v) is 2.99. The van der Waals surface area contributed by atoms with Crippen molar-refractivity contribution in [3.8, 4) is 0 Å². The van der Waals surface area contributed by atoms with Crippen LogP contribution in [0.25, 0.3) is 0 Å². The molecule has 0 spiro atoms. The Labute approximate surface area is 124 Å². The lowest BCUT2D eigenvalue weighted by Crippen LogP contribution is -2.22. The van der Waals surface area contributed by atoms with Gasteiger partial charge in [0, 0.05) is 35.9 Å². The van der Waals surface area contributed by atoms with E-state index in [4.69, 9.17) is 0 Å². The van der Waals surface area contributed by atoms with Gasteiger partial charge in [0.1, 0.15) is 0 Å². The first kappa shape index (κ1) is 13.6. The summed E-state index contributed by atoms with van der Waals surface area (Å²) < 4.78 is 0. The Morgan fingerprint density at radius 3 is 3.00 bits per heavy atom. The summed E-state index contributed by atoms with van der Waals surface area (Å²) >= 11 is 1.82. The summed E-state index contributed by atoms with van der Waals surface area (Å²) in [5, 5.41) is 5.66. The first-order chi connectivity index (χ1) is 9.85. The van der Waals surface area contributed by atoms with Crippen LogP contribution in [0.5, 0.6) is 0 Å². The molecular weight excluding hydrogens is 266 g/mol. The zero-order valence-corrected chi connectivity index (χ0v) is 12.7. The lowest BCUT2D eigenvalue weighted by molar-refractivity contribution is 0.674. The number of aromatic nitrogens is 1. The van der Waals surface area contributed by atoms with E-state index in [9.17, 15) is 0 Å². The van der Waals surface area contributed by atoms with Crippen molar-refractivity contribution in [1.29, 1.82) is 0 Å². The van der Waals surface area contributed by atoms with Gasteiger partial charge in [0.05, 0.1) is 12.2 Å². The standard InChI is InChI=1S/C16H21N3S/c1-2-19(12-16-4-3-9-20-16)15-7-8-17-14(10-15)11-18-13-5-6-13/h3-4,7-10,13,18H,2,5-6,11-12H2,1H3. The van der Waals surface area contributed by atoms with Crippen LogP contribution >= 0.6 is 11.3 Å². The number of nitrogens with one attached hydrogen (secondary N) is 1. The Kier molecular flexibility index (Phi) is 4.33. The highest BCUT2D eigenvalue weighted by molar-refractivity contribution is 7.09. The van der Waals surface area contributed by atoms with Crippen LogP contribution in [0, 0.1) is 0 Å². The van der Waals surface area contributed by atoms with Crippen molar-refractivity contribution in [2.75, 3.05) is 11.4 Å². The van der Waals surface area contributed by atoms with Gasteiger partial charge < -0.3 is 10.2 Å². The monoisotopic (exact) mass is 287 g/mol. The molecule has 2 aromatic heterocycles. The summed E-state index contributed by atoms with van der Waals surface area (Å²) in [5.74, 6) is 0. The molecule has 0 unspecified atom stereocenters. The van der Waals surface area contributed by atoms with Crippen LogP contribution in [0.4, 0.5) is 5.69 Å². The predicted octanol–water partition coefficient (Wildman–Crippen LogP) is 3.42. The van der Waals surface area contributed by atoms with Crippen LogP contribution in [-0.4, -0.2) is 17.6 Å². The third-order valence-electron chi connectivity index (χ3n) is 3.62. The van der Waals surface area contributed by atoms with Crippen LogP contribution in [0.3, 0.4) is 0 Å². The van der Waals surface area contributed by atoms with Gasteiger partial charge in [0.15, 0.2) is 0 Å². The zero-order chi connectivity index (χ0) is 13.8. The average molecular weight is 287 g/mol. The molecule has 4 heteroatoms. The van der Waals surface area contributed by atoms with Crippen molar-refractivity contribution < 1.29 is 0 Å². The first-order valence-corrected chi connectivity index (χ1v) is 8.18. The largest absolute Gasteiger partial charge is 0.367 e. The molecule has 1 saturated carbocycles. The van der Waals surface area contributed by atoms with Crippen LogP contribution < -0.4 is 10.2 Å².